The maximum Gasteiger partial charge on any atom is 0.341 e. The molecule has 0 fully saturated rings. The van der Waals surface area contributed by atoms with Gasteiger partial charge >= 0.3 is 5.97 Å². The van der Waals surface area contributed by atoms with Crippen LogP contribution in [-0.4, -0.2) is 30.4 Å². The van der Waals surface area contributed by atoms with Crippen LogP contribution >= 0.6 is 0 Å². The zero-order valence-corrected chi connectivity index (χ0v) is 11.7. The van der Waals surface area contributed by atoms with Gasteiger partial charge in [0.05, 0.1) is 11.4 Å². The third-order valence-corrected chi connectivity index (χ3v) is 3.31. The van der Waals surface area contributed by atoms with Gasteiger partial charge in [-0.3, -0.25) is 9.36 Å². The molecule has 1 aromatic carbocycles. The normalized spacial score (nSPS) is 10.6. The summed E-state index contributed by atoms with van der Waals surface area (Å²) in [5.74, 6) is -1.23. The average molecular weight is 296 g/mol. The van der Waals surface area contributed by atoms with Gasteiger partial charge in [0.15, 0.2) is 0 Å². The molecule has 3 aromatic rings. The van der Waals surface area contributed by atoms with Crippen LogP contribution in [0.15, 0.2) is 54.0 Å². The SMILES string of the molecule is Cc1ccn(-c2cccc(-n3cncn3)c2)c(=O)c1C(=O)O. The molecule has 0 spiro atoms. The Morgan fingerprint density at radius 2 is 2.00 bits per heavy atom. The van der Waals surface area contributed by atoms with Crippen molar-refractivity contribution in [2.24, 2.45) is 0 Å². The number of carboxylic acid groups (broad SMARTS) is 1. The van der Waals surface area contributed by atoms with E-state index in [1.165, 1.54) is 10.9 Å². The molecule has 3 rings (SSSR count). The highest BCUT2D eigenvalue weighted by molar-refractivity contribution is 5.88. The third-order valence-electron chi connectivity index (χ3n) is 3.31. The van der Waals surface area contributed by atoms with Gasteiger partial charge in [-0.25, -0.2) is 14.5 Å². The fourth-order valence-corrected chi connectivity index (χ4v) is 2.22. The summed E-state index contributed by atoms with van der Waals surface area (Å²) in [4.78, 5) is 27.5. The molecular formula is C15H12N4O3. The molecule has 110 valence electrons. The first-order valence-electron chi connectivity index (χ1n) is 6.49. The predicted octanol–water partition coefficient (Wildman–Crippen LogP) is 1.42. The molecule has 2 heterocycles. The van der Waals surface area contributed by atoms with Gasteiger partial charge in [-0.05, 0) is 36.8 Å². The Morgan fingerprint density at radius 3 is 2.68 bits per heavy atom. The van der Waals surface area contributed by atoms with E-state index in [1.54, 1.807) is 48.4 Å². The van der Waals surface area contributed by atoms with Gasteiger partial charge in [-0.2, -0.15) is 5.10 Å². The Bertz CT molecular complexity index is 897. The predicted molar refractivity (Wildman–Crippen MR) is 78.7 cm³/mol. The average Bonchev–Trinajstić information content (AvgIpc) is 3.01. The highest BCUT2D eigenvalue weighted by Gasteiger charge is 2.15. The van der Waals surface area contributed by atoms with Crippen molar-refractivity contribution in [1.29, 1.82) is 0 Å². The molecule has 7 heteroatoms. The van der Waals surface area contributed by atoms with Crippen molar-refractivity contribution in [3.63, 3.8) is 0 Å². The van der Waals surface area contributed by atoms with Crippen molar-refractivity contribution < 1.29 is 9.90 Å². The van der Waals surface area contributed by atoms with Gasteiger partial charge in [-0.1, -0.05) is 6.07 Å². The van der Waals surface area contributed by atoms with E-state index in [1.807, 2.05) is 6.07 Å². The second-order valence-electron chi connectivity index (χ2n) is 4.71. The minimum absolute atomic E-state index is 0.228. The van der Waals surface area contributed by atoms with Gasteiger partial charge < -0.3 is 5.11 Å². The first-order valence-corrected chi connectivity index (χ1v) is 6.49. The Kier molecular flexibility index (Phi) is 3.30. The number of rotatable bonds is 3. The van der Waals surface area contributed by atoms with Crippen LogP contribution in [0, 0.1) is 6.92 Å². The number of nitrogens with zero attached hydrogens (tertiary/aromatic N) is 4. The van der Waals surface area contributed by atoms with E-state index < -0.39 is 11.5 Å². The van der Waals surface area contributed by atoms with Crippen molar-refractivity contribution in [2.45, 2.75) is 6.92 Å². The molecule has 2 aromatic heterocycles. The molecule has 22 heavy (non-hydrogen) atoms. The van der Waals surface area contributed by atoms with E-state index in [0.717, 1.165) is 5.69 Å². The summed E-state index contributed by atoms with van der Waals surface area (Å²) in [7, 11) is 0. The van der Waals surface area contributed by atoms with Crippen LogP contribution in [0.2, 0.25) is 0 Å². The van der Waals surface area contributed by atoms with E-state index in [9.17, 15) is 14.7 Å². The summed E-state index contributed by atoms with van der Waals surface area (Å²) < 4.78 is 2.86. The van der Waals surface area contributed by atoms with E-state index in [2.05, 4.69) is 10.1 Å². The van der Waals surface area contributed by atoms with Crippen molar-refractivity contribution >= 4 is 5.97 Å². The van der Waals surface area contributed by atoms with Crippen molar-refractivity contribution in [3.05, 3.63) is 70.7 Å². The molecule has 0 saturated heterocycles. The standard InChI is InChI=1S/C15H12N4O3/c1-10-5-6-18(14(20)13(10)15(21)22)11-3-2-4-12(7-11)19-9-16-8-17-19/h2-9H,1H3,(H,21,22). The molecule has 0 atom stereocenters. The van der Waals surface area contributed by atoms with E-state index >= 15 is 0 Å². The molecule has 0 aliphatic carbocycles. The number of pyridine rings is 1. The first-order chi connectivity index (χ1) is 10.6. The molecule has 0 saturated carbocycles. The summed E-state index contributed by atoms with van der Waals surface area (Å²) in [6, 6.07) is 8.64. The van der Waals surface area contributed by atoms with Gasteiger partial charge in [0, 0.05) is 6.20 Å². The topological polar surface area (TPSA) is 90.0 Å². The first kappa shape index (κ1) is 13.7. The largest absolute Gasteiger partial charge is 0.477 e. The molecule has 0 aliphatic heterocycles. The number of hydrogen-bond donors (Lipinski definition) is 1. The fraction of sp³-hybridized carbons (Fsp3) is 0.0667. The van der Waals surface area contributed by atoms with Gasteiger partial charge in [0.2, 0.25) is 0 Å². The van der Waals surface area contributed by atoms with Crippen molar-refractivity contribution in [1.82, 2.24) is 19.3 Å². The quantitative estimate of drug-likeness (QED) is 0.789. The Morgan fingerprint density at radius 1 is 1.23 bits per heavy atom. The number of aromatic nitrogens is 4. The monoisotopic (exact) mass is 296 g/mol. The number of carboxylic acids is 1. The van der Waals surface area contributed by atoms with E-state index in [-0.39, 0.29) is 5.56 Å². The lowest BCUT2D eigenvalue weighted by atomic mass is 10.1. The molecular weight excluding hydrogens is 284 g/mol. The second kappa shape index (κ2) is 5.28. The lowest BCUT2D eigenvalue weighted by molar-refractivity contribution is 0.0694. The maximum atomic E-state index is 12.4. The number of aromatic carboxylic acids is 1. The zero-order valence-electron chi connectivity index (χ0n) is 11.7. The molecule has 0 amide bonds. The Hall–Kier alpha value is -3.22. The van der Waals surface area contributed by atoms with Gasteiger partial charge in [0.1, 0.15) is 18.2 Å². The minimum atomic E-state index is -1.23. The van der Waals surface area contributed by atoms with Crippen LogP contribution in [0.1, 0.15) is 15.9 Å². The van der Waals surface area contributed by atoms with E-state index in [0.29, 0.717) is 11.3 Å². The summed E-state index contributed by atoms with van der Waals surface area (Å²) in [5.41, 5.74) is 0.915. The summed E-state index contributed by atoms with van der Waals surface area (Å²) >= 11 is 0. The fourth-order valence-electron chi connectivity index (χ4n) is 2.22. The highest BCUT2D eigenvalue weighted by atomic mass is 16.4. The maximum absolute atomic E-state index is 12.4. The molecule has 0 unspecified atom stereocenters. The zero-order chi connectivity index (χ0) is 15.7. The lowest BCUT2D eigenvalue weighted by Crippen LogP contribution is -2.26. The lowest BCUT2D eigenvalue weighted by Gasteiger charge is -2.10. The van der Waals surface area contributed by atoms with Crippen LogP contribution in [-0.2, 0) is 0 Å². The van der Waals surface area contributed by atoms with Gasteiger partial charge in [-0.15, -0.1) is 0 Å². The van der Waals surface area contributed by atoms with Crippen LogP contribution < -0.4 is 5.56 Å². The minimum Gasteiger partial charge on any atom is -0.477 e. The smallest absolute Gasteiger partial charge is 0.341 e. The van der Waals surface area contributed by atoms with Crippen molar-refractivity contribution in [3.8, 4) is 11.4 Å². The summed E-state index contributed by atoms with van der Waals surface area (Å²) in [6.45, 7) is 1.60. The molecule has 0 aliphatic rings. The van der Waals surface area contributed by atoms with Gasteiger partial charge in [0.25, 0.3) is 5.56 Å². The number of carbonyl (C=O) groups is 1. The van der Waals surface area contributed by atoms with Crippen LogP contribution in [0.4, 0.5) is 0 Å². The number of benzene rings is 1. The molecule has 0 bridgehead atoms. The molecule has 0 radical (unpaired) electrons. The van der Waals surface area contributed by atoms with E-state index in [4.69, 9.17) is 0 Å². The second-order valence-corrected chi connectivity index (χ2v) is 4.71. The van der Waals surface area contributed by atoms with Crippen LogP contribution in [0.5, 0.6) is 0 Å². The van der Waals surface area contributed by atoms with Crippen LogP contribution in [0.3, 0.4) is 0 Å². The molecule has 1 N–H and O–H groups in total. The molecule has 7 nitrogen and oxygen atoms in total. The summed E-state index contributed by atoms with van der Waals surface area (Å²) in [6.07, 6.45) is 4.51. The highest BCUT2D eigenvalue weighted by Crippen LogP contribution is 2.13. The Labute approximate surface area is 125 Å². The number of hydrogen-bond acceptors (Lipinski definition) is 4. The van der Waals surface area contributed by atoms with Crippen LogP contribution in [0.25, 0.3) is 11.4 Å². The third kappa shape index (κ3) is 2.28. The summed E-state index contributed by atoms with van der Waals surface area (Å²) in [5, 5.41) is 13.2. The Balaban J connectivity index is 2.17. The van der Waals surface area contributed by atoms with Crippen molar-refractivity contribution in [2.75, 3.05) is 0 Å². The number of aryl methyl sites for hydroxylation is 1.